The van der Waals surface area contributed by atoms with Crippen molar-refractivity contribution in [2.45, 2.75) is 26.2 Å². The quantitative estimate of drug-likeness (QED) is 0.463. The number of benzene rings is 2. The fourth-order valence-electron chi connectivity index (χ4n) is 2.49. The second-order valence-corrected chi connectivity index (χ2v) is 6.32. The highest BCUT2D eigenvalue weighted by Gasteiger charge is 2.38. The van der Waals surface area contributed by atoms with Gasteiger partial charge in [0.05, 0.1) is 0 Å². The third kappa shape index (κ3) is 4.31. The summed E-state index contributed by atoms with van der Waals surface area (Å²) in [5.41, 5.74) is 0.853. The highest BCUT2D eigenvalue weighted by molar-refractivity contribution is 6.18. The van der Waals surface area contributed by atoms with Gasteiger partial charge in [-0.15, -0.1) is 0 Å². The van der Waals surface area contributed by atoms with Crippen LogP contribution in [0.25, 0.3) is 6.08 Å². The van der Waals surface area contributed by atoms with E-state index < -0.39 is 35.1 Å². The van der Waals surface area contributed by atoms with Crippen molar-refractivity contribution in [3.8, 4) is 5.75 Å². The number of hydrogen-bond acceptors (Lipinski definition) is 5. The van der Waals surface area contributed by atoms with E-state index >= 15 is 0 Å². The normalized spacial score (nSPS) is 15.8. The van der Waals surface area contributed by atoms with Gasteiger partial charge in [0.15, 0.2) is 17.4 Å². The van der Waals surface area contributed by atoms with Crippen molar-refractivity contribution in [3.05, 3.63) is 70.8 Å². The Labute approximate surface area is 154 Å². The largest absolute Gasteiger partial charge is 0.483 e. The summed E-state index contributed by atoms with van der Waals surface area (Å²) < 4.78 is 42.5. The van der Waals surface area contributed by atoms with Crippen LogP contribution in [0.1, 0.15) is 25.0 Å². The number of halogens is 2. The number of carbonyl (C=O) groups is 2. The number of para-hydroxylation sites is 1. The van der Waals surface area contributed by atoms with Crippen LogP contribution < -0.4 is 4.74 Å². The number of ether oxygens (including phenoxy) is 3. The summed E-state index contributed by atoms with van der Waals surface area (Å²) in [6.45, 7) is 2.82. The zero-order valence-electron chi connectivity index (χ0n) is 14.6. The van der Waals surface area contributed by atoms with Gasteiger partial charge in [-0.3, -0.25) is 0 Å². The van der Waals surface area contributed by atoms with Crippen LogP contribution in [0.2, 0.25) is 0 Å². The maximum Gasteiger partial charge on any atom is 0.348 e. The Hall–Kier alpha value is -3.22. The maximum absolute atomic E-state index is 13.6. The summed E-state index contributed by atoms with van der Waals surface area (Å²) >= 11 is 0. The van der Waals surface area contributed by atoms with Gasteiger partial charge in [-0.2, -0.15) is 0 Å². The molecule has 0 amide bonds. The van der Waals surface area contributed by atoms with Crippen molar-refractivity contribution in [1.82, 2.24) is 0 Å². The van der Waals surface area contributed by atoms with Crippen LogP contribution in [0.5, 0.6) is 5.75 Å². The Balaban J connectivity index is 1.78. The minimum absolute atomic E-state index is 0.100. The molecule has 0 N–H and O–H groups in total. The number of rotatable bonds is 4. The van der Waals surface area contributed by atoms with Gasteiger partial charge in [-0.1, -0.05) is 24.3 Å². The molecule has 1 aliphatic rings. The highest BCUT2D eigenvalue weighted by atomic mass is 19.1. The van der Waals surface area contributed by atoms with Crippen molar-refractivity contribution < 1.29 is 32.6 Å². The van der Waals surface area contributed by atoms with Crippen LogP contribution in [0.3, 0.4) is 0 Å². The van der Waals surface area contributed by atoms with E-state index in [9.17, 15) is 18.4 Å². The van der Waals surface area contributed by atoms with Crippen LogP contribution in [0.4, 0.5) is 8.78 Å². The first kappa shape index (κ1) is 18.6. The fourth-order valence-corrected chi connectivity index (χ4v) is 2.49. The zero-order valence-corrected chi connectivity index (χ0v) is 14.6. The first-order valence-corrected chi connectivity index (χ1v) is 8.09. The highest BCUT2D eigenvalue weighted by Crippen LogP contribution is 2.25. The summed E-state index contributed by atoms with van der Waals surface area (Å²) in [4.78, 5) is 24.0. The Morgan fingerprint density at radius 2 is 1.59 bits per heavy atom. The topological polar surface area (TPSA) is 61.8 Å². The molecule has 27 heavy (non-hydrogen) atoms. The lowest BCUT2D eigenvalue weighted by atomic mass is 10.1. The molecule has 1 aliphatic heterocycles. The van der Waals surface area contributed by atoms with Crippen LogP contribution >= 0.6 is 0 Å². The molecule has 1 heterocycles. The van der Waals surface area contributed by atoms with E-state index in [1.807, 2.05) is 0 Å². The standard InChI is InChI=1S/C20H16F2O5/c1-20(2)26-18(23)14(19(24)27-20)10-12-5-3-6-13(9-12)11-25-17-15(21)7-4-8-16(17)22/h3-10H,11H2,1-2H3. The molecular formula is C20H16F2O5. The van der Waals surface area contributed by atoms with Gasteiger partial charge in [-0.25, -0.2) is 18.4 Å². The number of carbonyl (C=O) groups excluding carboxylic acids is 2. The van der Waals surface area contributed by atoms with Gasteiger partial charge < -0.3 is 14.2 Å². The Morgan fingerprint density at radius 1 is 1.00 bits per heavy atom. The second kappa shape index (κ2) is 7.19. The van der Waals surface area contributed by atoms with Crippen LogP contribution in [-0.4, -0.2) is 17.7 Å². The lowest BCUT2D eigenvalue weighted by Gasteiger charge is -2.29. The van der Waals surface area contributed by atoms with E-state index in [2.05, 4.69) is 0 Å². The van der Waals surface area contributed by atoms with Gasteiger partial charge in [0.1, 0.15) is 12.2 Å². The van der Waals surface area contributed by atoms with E-state index in [0.29, 0.717) is 11.1 Å². The van der Waals surface area contributed by atoms with E-state index in [4.69, 9.17) is 14.2 Å². The Kier molecular flexibility index (Phi) is 4.94. The summed E-state index contributed by atoms with van der Waals surface area (Å²) in [6.07, 6.45) is 1.33. The molecule has 3 rings (SSSR count). The molecule has 0 radical (unpaired) electrons. The van der Waals surface area contributed by atoms with E-state index in [1.165, 1.54) is 26.0 Å². The lowest BCUT2D eigenvalue weighted by Crippen LogP contribution is -2.41. The smallest absolute Gasteiger partial charge is 0.348 e. The third-order valence-electron chi connectivity index (χ3n) is 3.68. The molecule has 0 aliphatic carbocycles. The fraction of sp³-hybridized carbons (Fsp3) is 0.200. The molecule has 140 valence electrons. The Morgan fingerprint density at radius 3 is 2.22 bits per heavy atom. The predicted molar refractivity (Wildman–Crippen MR) is 91.4 cm³/mol. The molecule has 1 fully saturated rings. The van der Waals surface area contributed by atoms with Crippen molar-refractivity contribution >= 4 is 18.0 Å². The first-order chi connectivity index (χ1) is 12.7. The minimum atomic E-state index is -1.31. The van der Waals surface area contributed by atoms with Crippen LogP contribution in [0.15, 0.2) is 48.0 Å². The predicted octanol–water partition coefficient (Wildman–Crippen LogP) is 3.76. The number of hydrogen-bond donors (Lipinski definition) is 0. The zero-order chi connectivity index (χ0) is 19.6. The molecule has 1 saturated heterocycles. The van der Waals surface area contributed by atoms with Crippen LogP contribution in [0, 0.1) is 11.6 Å². The molecule has 7 heteroatoms. The SMILES string of the molecule is CC1(C)OC(=O)C(=Cc2cccc(COc3c(F)cccc3F)c2)C(=O)O1. The monoisotopic (exact) mass is 374 g/mol. The number of cyclic esters (lactones) is 2. The van der Waals surface area contributed by atoms with E-state index in [1.54, 1.807) is 24.3 Å². The van der Waals surface area contributed by atoms with Crippen molar-refractivity contribution in [1.29, 1.82) is 0 Å². The minimum Gasteiger partial charge on any atom is -0.483 e. The average Bonchev–Trinajstić information content (AvgIpc) is 2.57. The third-order valence-corrected chi connectivity index (χ3v) is 3.68. The molecule has 2 aromatic rings. The van der Waals surface area contributed by atoms with Gasteiger partial charge in [-0.05, 0) is 35.4 Å². The number of esters is 2. The summed E-state index contributed by atoms with van der Waals surface area (Å²) in [6, 6.07) is 10.1. The maximum atomic E-state index is 13.6. The molecule has 5 nitrogen and oxygen atoms in total. The van der Waals surface area contributed by atoms with Gasteiger partial charge in [0.25, 0.3) is 5.79 Å². The molecule has 0 spiro atoms. The van der Waals surface area contributed by atoms with Gasteiger partial charge in [0, 0.05) is 13.8 Å². The van der Waals surface area contributed by atoms with E-state index in [0.717, 1.165) is 12.1 Å². The molecule has 0 unspecified atom stereocenters. The molecule has 0 saturated carbocycles. The van der Waals surface area contributed by atoms with E-state index in [-0.39, 0.29) is 12.2 Å². The molecule has 0 aromatic heterocycles. The van der Waals surface area contributed by atoms with Crippen molar-refractivity contribution in [2.24, 2.45) is 0 Å². The second-order valence-electron chi connectivity index (χ2n) is 6.32. The van der Waals surface area contributed by atoms with Crippen LogP contribution in [-0.2, 0) is 25.7 Å². The van der Waals surface area contributed by atoms with Gasteiger partial charge in [0.2, 0.25) is 0 Å². The molecule has 0 atom stereocenters. The molecule has 2 aromatic carbocycles. The van der Waals surface area contributed by atoms with Crippen molar-refractivity contribution in [3.63, 3.8) is 0 Å². The molecule has 0 bridgehead atoms. The summed E-state index contributed by atoms with van der Waals surface area (Å²) in [5.74, 6) is -4.96. The Bertz CT molecular complexity index is 891. The summed E-state index contributed by atoms with van der Waals surface area (Å²) in [7, 11) is 0. The lowest BCUT2D eigenvalue weighted by molar-refractivity contribution is -0.222. The average molecular weight is 374 g/mol. The first-order valence-electron chi connectivity index (χ1n) is 8.09. The van der Waals surface area contributed by atoms with Crippen molar-refractivity contribution in [2.75, 3.05) is 0 Å². The summed E-state index contributed by atoms with van der Waals surface area (Å²) in [5, 5.41) is 0. The van der Waals surface area contributed by atoms with Gasteiger partial charge >= 0.3 is 11.9 Å². The molecular weight excluding hydrogens is 358 g/mol.